The molecular weight excluding hydrogens is 312 g/mol. The van der Waals surface area contributed by atoms with Crippen molar-refractivity contribution in [3.05, 3.63) is 24.3 Å². The lowest BCUT2D eigenvalue weighted by Crippen LogP contribution is -2.25. The maximum Gasteiger partial charge on any atom is 0.239 e. The molecule has 0 aliphatic carbocycles. The van der Waals surface area contributed by atoms with Gasteiger partial charge in [-0.15, -0.1) is 0 Å². The van der Waals surface area contributed by atoms with Gasteiger partial charge in [0.2, 0.25) is 5.91 Å². The van der Waals surface area contributed by atoms with E-state index in [4.69, 9.17) is 0 Å². The largest absolute Gasteiger partial charge is 0.371 e. The van der Waals surface area contributed by atoms with Crippen molar-refractivity contribution in [3.8, 4) is 0 Å². The molecule has 0 unspecified atom stereocenters. The zero-order valence-electron chi connectivity index (χ0n) is 13.8. The third-order valence-corrected chi connectivity index (χ3v) is 5.70. The Bertz CT molecular complexity index is 620. The van der Waals surface area contributed by atoms with Gasteiger partial charge in [0, 0.05) is 24.5 Å². The molecule has 0 aromatic heterocycles. The smallest absolute Gasteiger partial charge is 0.239 e. The Kier molecular flexibility index (Phi) is 6.45. The summed E-state index contributed by atoms with van der Waals surface area (Å²) in [7, 11) is -3.31. The molecule has 6 heteroatoms. The van der Waals surface area contributed by atoms with E-state index in [1.807, 2.05) is 18.2 Å². The van der Waals surface area contributed by atoms with Crippen molar-refractivity contribution in [2.75, 3.05) is 34.8 Å². The average Bonchev–Trinajstić information content (AvgIpc) is 2.75. The van der Waals surface area contributed by atoms with E-state index in [-0.39, 0.29) is 5.75 Å². The number of hydrogen-bond acceptors (Lipinski definition) is 4. The SMILES string of the molecule is CCCS(=O)(=O)CC(=O)Nc1cccc(N2CCCCCC2)c1. The number of hydrogen-bond donors (Lipinski definition) is 1. The fourth-order valence-electron chi connectivity index (χ4n) is 2.89. The lowest BCUT2D eigenvalue weighted by Gasteiger charge is -2.23. The second-order valence-electron chi connectivity index (χ2n) is 6.09. The average molecular weight is 338 g/mol. The number of carbonyl (C=O) groups excluding carboxylic acids is 1. The van der Waals surface area contributed by atoms with E-state index in [0.29, 0.717) is 12.1 Å². The van der Waals surface area contributed by atoms with Crippen LogP contribution >= 0.6 is 0 Å². The van der Waals surface area contributed by atoms with Crippen molar-refractivity contribution >= 4 is 27.1 Å². The number of nitrogens with zero attached hydrogens (tertiary/aromatic N) is 1. The van der Waals surface area contributed by atoms with Crippen molar-refractivity contribution in [3.63, 3.8) is 0 Å². The van der Waals surface area contributed by atoms with Crippen LogP contribution in [0.5, 0.6) is 0 Å². The lowest BCUT2D eigenvalue weighted by atomic mass is 10.2. The number of nitrogens with one attached hydrogen (secondary N) is 1. The zero-order chi connectivity index (χ0) is 16.7. The Morgan fingerprint density at radius 3 is 2.52 bits per heavy atom. The quantitative estimate of drug-likeness (QED) is 0.866. The summed E-state index contributed by atoms with van der Waals surface area (Å²) in [6, 6.07) is 7.66. The Morgan fingerprint density at radius 1 is 1.17 bits per heavy atom. The predicted molar refractivity (Wildman–Crippen MR) is 94.7 cm³/mol. The minimum atomic E-state index is -3.31. The molecule has 128 valence electrons. The van der Waals surface area contributed by atoms with Crippen molar-refractivity contribution in [1.29, 1.82) is 0 Å². The highest BCUT2D eigenvalue weighted by atomic mass is 32.2. The van der Waals surface area contributed by atoms with Gasteiger partial charge in [-0.25, -0.2) is 8.42 Å². The van der Waals surface area contributed by atoms with Crippen LogP contribution in [0.25, 0.3) is 0 Å². The Morgan fingerprint density at radius 2 is 1.87 bits per heavy atom. The summed E-state index contributed by atoms with van der Waals surface area (Å²) < 4.78 is 23.4. The topological polar surface area (TPSA) is 66.5 Å². The Hall–Kier alpha value is -1.56. The maximum absolute atomic E-state index is 11.9. The summed E-state index contributed by atoms with van der Waals surface area (Å²) >= 11 is 0. The van der Waals surface area contributed by atoms with Crippen LogP contribution in [0.4, 0.5) is 11.4 Å². The van der Waals surface area contributed by atoms with Crippen LogP contribution in [0.15, 0.2) is 24.3 Å². The summed E-state index contributed by atoms with van der Waals surface area (Å²) in [5.74, 6) is -0.866. The molecule has 1 aliphatic heterocycles. The standard InChI is InChI=1S/C17H26N2O3S/c1-2-12-23(21,22)14-17(20)18-15-8-7-9-16(13-15)19-10-5-3-4-6-11-19/h7-9,13H,2-6,10-12,14H2,1H3,(H,18,20). The number of rotatable bonds is 6. The van der Waals surface area contributed by atoms with Crippen LogP contribution in [-0.2, 0) is 14.6 Å². The highest BCUT2D eigenvalue weighted by molar-refractivity contribution is 7.92. The first-order valence-electron chi connectivity index (χ1n) is 8.35. The van der Waals surface area contributed by atoms with E-state index in [0.717, 1.165) is 18.8 Å². The lowest BCUT2D eigenvalue weighted by molar-refractivity contribution is -0.113. The van der Waals surface area contributed by atoms with Crippen LogP contribution < -0.4 is 10.2 Å². The van der Waals surface area contributed by atoms with Crippen LogP contribution in [0.1, 0.15) is 39.0 Å². The Balaban J connectivity index is 2.00. The van der Waals surface area contributed by atoms with Crippen LogP contribution in [-0.4, -0.2) is 38.9 Å². The van der Waals surface area contributed by atoms with E-state index in [1.165, 1.54) is 25.7 Å². The first-order valence-corrected chi connectivity index (χ1v) is 10.2. The zero-order valence-corrected chi connectivity index (χ0v) is 14.6. The molecular formula is C17H26N2O3S. The van der Waals surface area contributed by atoms with Crippen molar-refractivity contribution in [2.24, 2.45) is 0 Å². The molecule has 0 atom stereocenters. The molecule has 0 spiro atoms. The molecule has 0 saturated carbocycles. The fourth-order valence-corrected chi connectivity index (χ4v) is 4.13. The summed E-state index contributed by atoms with van der Waals surface area (Å²) in [6.07, 6.45) is 5.43. The number of sulfone groups is 1. The fraction of sp³-hybridized carbons (Fsp3) is 0.588. The third-order valence-electron chi connectivity index (χ3n) is 3.97. The number of anilines is 2. The molecule has 2 rings (SSSR count). The van der Waals surface area contributed by atoms with Gasteiger partial charge >= 0.3 is 0 Å². The monoisotopic (exact) mass is 338 g/mol. The van der Waals surface area contributed by atoms with Gasteiger partial charge in [0.1, 0.15) is 5.75 Å². The maximum atomic E-state index is 11.9. The molecule has 0 radical (unpaired) electrons. The molecule has 1 fully saturated rings. The predicted octanol–water partition coefficient (Wildman–Crippen LogP) is 2.83. The van der Waals surface area contributed by atoms with Gasteiger partial charge in [0.15, 0.2) is 9.84 Å². The highest BCUT2D eigenvalue weighted by Crippen LogP contribution is 2.22. The molecule has 5 nitrogen and oxygen atoms in total. The van der Waals surface area contributed by atoms with Crippen molar-refractivity contribution in [1.82, 2.24) is 0 Å². The normalized spacial score (nSPS) is 16.0. The number of benzene rings is 1. The molecule has 23 heavy (non-hydrogen) atoms. The van der Waals surface area contributed by atoms with Crippen molar-refractivity contribution < 1.29 is 13.2 Å². The molecule has 1 aromatic rings. The van der Waals surface area contributed by atoms with Crippen molar-refractivity contribution in [2.45, 2.75) is 39.0 Å². The van der Waals surface area contributed by atoms with Crippen LogP contribution in [0.2, 0.25) is 0 Å². The van der Waals surface area contributed by atoms with Gasteiger partial charge < -0.3 is 10.2 Å². The molecule has 1 saturated heterocycles. The van der Waals surface area contributed by atoms with Gasteiger partial charge in [0.05, 0.1) is 5.75 Å². The number of amides is 1. The van der Waals surface area contributed by atoms with E-state index >= 15 is 0 Å². The molecule has 1 aliphatic rings. The van der Waals surface area contributed by atoms with Gasteiger partial charge in [0.25, 0.3) is 0 Å². The Labute approximate surface area is 139 Å². The van der Waals surface area contributed by atoms with Gasteiger partial charge in [-0.1, -0.05) is 25.8 Å². The van der Waals surface area contributed by atoms with E-state index in [2.05, 4.69) is 10.2 Å². The van der Waals surface area contributed by atoms with Gasteiger partial charge in [-0.2, -0.15) is 0 Å². The molecule has 1 N–H and O–H groups in total. The summed E-state index contributed by atoms with van der Waals surface area (Å²) in [4.78, 5) is 14.3. The summed E-state index contributed by atoms with van der Waals surface area (Å²) in [5, 5.41) is 2.71. The highest BCUT2D eigenvalue weighted by Gasteiger charge is 2.16. The molecule has 0 bridgehead atoms. The first kappa shape index (κ1) is 17.8. The summed E-state index contributed by atoms with van der Waals surface area (Å²) in [5.41, 5.74) is 1.74. The minimum Gasteiger partial charge on any atom is -0.371 e. The second-order valence-corrected chi connectivity index (χ2v) is 8.28. The van der Waals surface area contributed by atoms with Gasteiger partial charge in [-0.05, 0) is 37.5 Å². The number of carbonyl (C=O) groups is 1. The molecule has 1 heterocycles. The van der Waals surface area contributed by atoms with Crippen LogP contribution in [0.3, 0.4) is 0 Å². The molecule has 1 aromatic carbocycles. The third kappa shape index (κ3) is 5.86. The summed E-state index contributed by atoms with van der Waals surface area (Å²) in [6.45, 7) is 3.85. The first-order chi connectivity index (χ1) is 11.0. The van der Waals surface area contributed by atoms with E-state index in [9.17, 15) is 13.2 Å². The van der Waals surface area contributed by atoms with Crippen LogP contribution in [0, 0.1) is 0 Å². The second kappa shape index (κ2) is 8.34. The van der Waals surface area contributed by atoms with E-state index in [1.54, 1.807) is 13.0 Å². The van der Waals surface area contributed by atoms with E-state index < -0.39 is 21.5 Å². The minimum absolute atomic E-state index is 0.0498. The molecule has 1 amide bonds. The van der Waals surface area contributed by atoms with Gasteiger partial charge in [-0.3, -0.25) is 4.79 Å².